The van der Waals surface area contributed by atoms with Crippen LogP contribution in [0.1, 0.15) is 12.5 Å². The van der Waals surface area contributed by atoms with Gasteiger partial charge >= 0.3 is 0 Å². The summed E-state index contributed by atoms with van der Waals surface area (Å²) in [5.41, 5.74) is 1.06. The summed E-state index contributed by atoms with van der Waals surface area (Å²) in [6, 6.07) is 5.74. The van der Waals surface area contributed by atoms with Crippen molar-refractivity contribution in [3.63, 3.8) is 0 Å². The molecule has 0 aliphatic carbocycles. The normalized spacial score (nSPS) is 9.21. The van der Waals surface area contributed by atoms with Gasteiger partial charge in [0.2, 0.25) is 0 Å². The number of ether oxygens (including phenoxy) is 2. The summed E-state index contributed by atoms with van der Waals surface area (Å²) >= 11 is 0. The predicted molar refractivity (Wildman–Crippen MR) is 56.7 cm³/mol. The van der Waals surface area contributed by atoms with Gasteiger partial charge in [-0.2, -0.15) is 0 Å². The van der Waals surface area contributed by atoms with E-state index in [4.69, 9.17) is 15.9 Å². The molecule has 0 saturated heterocycles. The zero-order valence-electron chi connectivity index (χ0n) is 8.54. The van der Waals surface area contributed by atoms with Gasteiger partial charge in [-0.1, -0.05) is 6.07 Å². The number of rotatable bonds is 4. The van der Waals surface area contributed by atoms with Crippen molar-refractivity contribution in [1.82, 2.24) is 0 Å². The Hall–Kier alpha value is -1.62. The molecule has 2 nitrogen and oxygen atoms in total. The van der Waals surface area contributed by atoms with E-state index in [1.807, 2.05) is 25.1 Å². The molecule has 1 aromatic rings. The summed E-state index contributed by atoms with van der Waals surface area (Å²) in [4.78, 5) is 0. The molecule has 14 heavy (non-hydrogen) atoms. The smallest absolute Gasteiger partial charge is 0.161 e. The van der Waals surface area contributed by atoms with Gasteiger partial charge in [0, 0.05) is 6.42 Å². The lowest BCUT2D eigenvalue weighted by Crippen LogP contribution is -1.96. The van der Waals surface area contributed by atoms with Crippen LogP contribution in [0.4, 0.5) is 0 Å². The van der Waals surface area contributed by atoms with Crippen LogP contribution in [0.15, 0.2) is 18.2 Å². The first-order valence-electron chi connectivity index (χ1n) is 4.55. The Kier molecular flexibility index (Phi) is 3.87. The topological polar surface area (TPSA) is 18.5 Å². The van der Waals surface area contributed by atoms with Crippen molar-refractivity contribution in [2.24, 2.45) is 0 Å². The monoisotopic (exact) mass is 190 g/mol. The second kappa shape index (κ2) is 5.18. The first kappa shape index (κ1) is 10.5. The summed E-state index contributed by atoms with van der Waals surface area (Å²) in [7, 11) is 1.62. The molecule has 0 aromatic heterocycles. The van der Waals surface area contributed by atoms with Gasteiger partial charge in [-0.25, -0.2) is 0 Å². The molecule has 0 unspecified atom stereocenters. The lowest BCUT2D eigenvalue weighted by molar-refractivity contribution is 0.311. The molecular formula is C12H14O2. The quantitative estimate of drug-likeness (QED) is 0.678. The van der Waals surface area contributed by atoms with Gasteiger partial charge in [0.1, 0.15) is 0 Å². The summed E-state index contributed by atoms with van der Waals surface area (Å²) < 4.78 is 10.6. The first-order valence-corrected chi connectivity index (χ1v) is 4.55. The zero-order chi connectivity index (χ0) is 10.4. The van der Waals surface area contributed by atoms with Crippen LogP contribution in [-0.4, -0.2) is 13.7 Å². The minimum Gasteiger partial charge on any atom is -0.493 e. The maximum atomic E-state index is 5.38. The number of hydrogen-bond acceptors (Lipinski definition) is 2. The molecule has 0 aliphatic heterocycles. The average Bonchev–Trinajstić information content (AvgIpc) is 2.21. The van der Waals surface area contributed by atoms with Crippen LogP contribution >= 0.6 is 0 Å². The molecule has 0 radical (unpaired) electrons. The molecule has 1 rings (SSSR count). The molecule has 0 spiro atoms. The van der Waals surface area contributed by atoms with Crippen LogP contribution in [0.2, 0.25) is 0 Å². The SMILES string of the molecule is C#CCc1ccc(OCC)c(OC)c1. The highest BCUT2D eigenvalue weighted by molar-refractivity contribution is 5.43. The molecule has 0 aliphatic rings. The van der Waals surface area contributed by atoms with Crippen LogP contribution < -0.4 is 9.47 Å². The van der Waals surface area contributed by atoms with Gasteiger partial charge in [0.15, 0.2) is 11.5 Å². The Morgan fingerprint density at radius 3 is 2.71 bits per heavy atom. The summed E-state index contributed by atoms with van der Waals surface area (Å²) in [5, 5.41) is 0. The maximum Gasteiger partial charge on any atom is 0.161 e. The van der Waals surface area contributed by atoms with E-state index in [1.54, 1.807) is 7.11 Å². The Bertz CT molecular complexity index is 337. The van der Waals surface area contributed by atoms with E-state index in [0.717, 1.165) is 17.1 Å². The van der Waals surface area contributed by atoms with E-state index in [0.29, 0.717) is 13.0 Å². The molecule has 2 heteroatoms. The second-order valence-corrected chi connectivity index (χ2v) is 2.80. The van der Waals surface area contributed by atoms with E-state index < -0.39 is 0 Å². The standard InChI is InChI=1S/C12H14O2/c1-4-6-10-7-8-11(14-5-2)12(9-10)13-3/h1,7-9H,5-6H2,2-3H3. The fourth-order valence-electron chi connectivity index (χ4n) is 1.21. The fraction of sp³-hybridized carbons (Fsp3) is 0.333. The van der Waals surface area contributed by atoms with Crippen LogP contribution in [0.5, 0.6) is 11.5 Å². The number of methoxy groups -OCH3 is 1. The molecule has 0 saturated carbocycles. The Balaban J connectivity index is 2.94. The third-order valence-corrected chi connectivity index (χ3v) is 1.83. The first-order chi connectivity index (χ1) is 6.81. The van der Waals surface area contributed by atoms with E-state index >= 15 is 0 Å². The van der Waals surface area contributed by atoms with E-state index in [2.05, 4.69) is 5.92 Å². The highest BCUT2D eigenvalue weighted by Gasteiger charge is 2.03. The molecule has 0 N–H and O–H groups in total. The molecule has 0 heterocycles. The predicted octanol–water partition coefficient (Wildman–Crippen LogP) is 2.27. The van der Waals surface area contributed by atoms with Crippen LogP contribution in [-0.2, 0) is 6.42 Å². The summed E-state index contributed by atoms with van der Waals surface area (Å²) in [5.74, 6) is 4.09. The molecule has 0 atom stereocenters. The van der Waals surface area contributed by atoms with E-state index in [-0.39, 0.29) is 0 Å². The van der Waals surface area contributed by atoms with Gasteiger partial charge < -0.3 is 9.47 Å². The Morgan fingerprint density at radius 2 is 2.14 bits per heavy atom. The van der Waals surface area contributed by atoms with Gasteiger partial charge in [-0.3, -0.25) is 0 Å². The third kappa shape index (κ3) is 2.43. The van der Waals surface area contributed by atoms with Crippen molar-refractivity contribution in [2.75, 3.05) is 13.7 Å². The van der Waals surface area contributed by atoms with Crippen molar-refractivity contribution in [2.45, 2.75) is 13.3 Å². The number of hydrogen-bond donors (Lipinski definition) is 0. The highest BCUT2D eigenvalue weighted by atomic mass is 16.5. The number of terminal acetylenes is 1. The molecule has 1 aromatic carbocycles. The Morgan fingerprint density at radius 1 is 1.36 bits per heavy atom. The van der Waals surface area contributed by atoms with Crippen LogP contribution in [0.3, 0.4) is 0 Å². The third-order valence-electron chi connectivity index (χ3n) is 1.83. The van der Waals surface area contributed by atoms with Crippen LogP contribution in [0, 0.1) is 12.3 Å². The lowest BCUT2D eigenvalue weighted by atomic mass is 10.1. The maximum absolute atomic E-state index is 5.38. The van der Waals surface area contributed by atoms with Gasteiger partial charge in [-0.15, -0.1) is 12.3 Å². The second-order valence-electron chi connectivity index (χ2n) is 2.80. The average molecular weight is 190 g/mol. The summed E-state index contributed by atoms with van der Waals surface area (Å²) in [6.45, 7) is 2.57. The molecular weight excluding hydrogens is 176 g/mol. The van der Waals surface area contributed by atoms with Crippen molar-refractivity contribution >= 4 is 0 Å². The molecule has 0 bridgehead atoms. The summed E-state index contributed by atoms with van der Waals surface area (Å²) in [6.07, 6.45) is 5.84. The fourth-order valence-corrected chi connectivity index (χ4v) is 1.21. The minimum atomic E-state index is 0.614. The lowest BCUT2D eigenvalue weighted by Gasteiger charge is -2.09. The van der Waals surface area contributed by atoms with Crippen molar-refractivity contribution in [3.8, 4) is 23.8 Å². The number of benzene rings is 1. The highest BCUT2D eigenvalue weighted by Crippen LogP contribution is 2.27. The minimum absolute atomic E-state index is 0.614. The molecule has 0 amide bonds. The van der Waals surface area contributed by atoms with Crippen molar-refractivity contribution in [3.05, 3.63) is 23.8 Å². The molecule has 74 valence electrons. The van der Waals surface area contributed by atoms with Crippen molar-refractivity contribution in [1.29, 1.82) is 0 Å². The largest absolute Gasteiger partial charge is 0.493 e. The van der Waals surface area contributed by atoms with Crippen LogP contribution in [0.25, 0.3) is 0 Å². The van der Waals surface area contributed by atoms with Crippen molar-refractivity contribution < 1.29 is 9.47 Å². The molecule has 0 fully saturated rings. The van der Waals surface area contributed by atoms with Gasteiger partial charge in [0.25, 0.3) is 0 Å². The van der Waals surface area contributed by atoms with E-state index in [9.17, 15) is 0 Å². The van der Waals surface area contributed by atoms with Gasteiger partial charge in [-0.05, 0) is 24.6 Å². The van der Waals surface area contributed by atoms with Gasteiger partial charge in [0.05, 0.1) is 13.7 Å². The Labute approximate surface area is 84.8 Å². The zero-order valence-corrected chi connectivity index (χ0v) is 8.54. The van der Waals surface area contributed by atoms with E-state index in [1.165, 1.54) is 0 Å².